The first-order valence-electron chi connectivity index (χ1n) is 5.01. The highest BCUT2D eigenvalue weighted by atomic mass is 15.1. The molecule has 1 aliphatic rings. The van der Waals surface area contributed by atoms with Crippen LogP contribution < -0.4 is 4.90 Å². The minimum absolute atomic E-state index is 0.501. The summed E-state index contributed by atoms with van der Waals surface area (Å²) >= 11 is 0. The van der Waals surface area contributed by atoms with Gasteiger partial charge in [0.15, 0.2) is 0 Å². The van der Waals surface area contributed by atoms with E-state index in [9.17, 15) is 0 Å². The molecule has 2 nitrogen and oxygen atoms in total. The maximum Gasteiger partial charge on any atom is 0.105 e. The normalized spacial score (nSPS) is 20.0. The molecule has 0 bridgehead atoms. The van der Waals surface area contributed by atoms with Gasteiger partial charge in [-0.25, -0.2) is 0 Å². The van der Waals surface area contributed by atoms with Crippen LogP contribution in [0.4, 0.5) is 5.69 Å². The fraction of sp³-hybridized carbons (Fsp3) is 0.417. The standard InChI is InChI=1S/C12H14N2/c1-10-8-11-4-2-3-5-12(11)14(9-10)7-6-13/h2-5,10H,7-9H2,1H3. The van der Waals surface area contributed by atoms with Crippen LogP contribution in [0.5, 0.6) is 0 Å². The number of hydrogen-bond donors (Lipinski definition) is 0. The van der Waals surface area contributed by atoms with E-state index in [-0.39, 0.29) is 0 Å². The van der Waals surface area contributed by atoms with Crippen LogP contribution in [0.2, 0.25) is 0 Å². The van der Waals surface area contributed by atoms with Crippen LogP contribution in [-0.2, 0) is 6.42 Å². The predicted octanol–water partition coefficient (Wildman–Crippen LogP) is 2.21. The summed E-state index contributed by atoms with van der Waals surface area (Å²) in [6, 6.07) is 10.6. The molecule has 0 N–H and O–H groups in total. The molecule has 0 spiro atoms. The van der Waals surface area contributed by atoms with Gasteiger partial charge in [-0.15, -0.1) is 0 Å². The second kappa shape index (κ2) is 3.71. The summed E-state index contributed by atoms with van der Waals surface area (Å²) in [5.74, 6) is 0.651. The Bertz CT molecular complexity index is 365. The van der Waals surface area contributed by atoms with Crippen molar-refractivity contribution >= 4 is 5.69 Å². The summed E-state index contributed by atoms with van der Waals surface area (Å²) in [5, 5.41) is 8.74. The van der Waals surface area contributed by atoms with Crippen LogP contribution in [0, 0.1) is 17.2 Å². The summed E-state index contributed by atoms with van der Waals surface area (Å²) in [6.07, 6.45) is 1.14. The van der Waals surface area contributed by atoms with E-state index in [4.69, 9.17) is 5.26 Å². The lowest BCUT2D eigenvalue weighted by Gasteiger charge is -2.32. The summed E-state index contributed by atoms with van der Waals surface area (Å²) in [4.78, 5) is 2.17. The molecule has 1 unspecified atom stereocenters. The molecule has 1 aromatic carbocycles. The van der Waals surface area contributed by atoms with Crippen molar-refractivity contribution in [1.29, 1.82) is 5.26 Å². The lowest BCUT2D eigenvalue weighted by atomic mass is 9.94. The molecule has 1 aliphatic heterocycles. The first-order chi connectivity index (χ1) is 6.81. The number of hydrogen-bond acceptors (Lipinski definition) is 2. The fourth-order valence-corrected chi connectivity index (χ4v) is 2.14. The molecule has 0 amide bonds. The van der Waals surface area contributed by atoms with Gasteiger partial charge in [-0.05, 0) is 24.0 Å². The van der Waals surface area contributed by atoms with Gasteiger partial charge >= 0.3 is 0 Å². The number of anilines is 1. The zero-order valence-electron chi connectivity index (χ0n) is 8.40. The lowest BCUT2D eigenvalue weighted by Crippen LogP contribution is -2.34. The average molecular weight is 186 g/mol. The Labute approximate surface area is 84.8 Å². The predicted molar refractivity (Wildman–Crippen MR) is 57.1 cm³/mol. The van der Waals surface area contributed by atoms with Crippen molar-refractivity contribution in [2.75, 3.05) is 18.0 Å². The highest BCUT2D eigenvalue weighted by Gasteiger charge is 2.20. The SMILES string of the molecule is CC1Cc2ccccc2N(CC#N)C1. The molecular formula is C12H14N2. The quantitative estimate of drug-likeness (QED) is 0.629. The average Bonchev–Trinajstić information content (AvgIpc) is 2.18. The van der Waals surface area contributed by atoms with Gasteiger partial charge in [0.2, 0.25) is 0 Å². The Kier molecular flexibility index (Phi) is 2.41. The van der Waals surface area contributed by atoms with Crippen LogP contribution in [0.25, 0.3) is 0 Å². The molecule has 2 rings (SSSR count). The third-order valence-electron chi connectivity index (χ3n) is 2.69. The van der Waals surface area contributed by atoms with E-state index in [0.717, 1.165) is 13.0 Å². The maximum absolute atomic E-state index is 8.74. The monoisotopic (exact) mass is 186 g/mol. The number of para-hydroxylation sites is 1. The number of nitriles is 1. The highest BCUT2D eigenvalue weighted by molar-refractivity contribution is 5.56. The molecule has 0 fully saturated rings. The summed E-state index contributed by atoms with van der Waals surface area (Å²) in [5.41, 5.74) is 2.62. The smallest absolute Gasteiger partial charge is 0.105 e. The van der Waals surface area contributed by atoms with Crippen LogP contribution >= 0.6 is 0 Å². The Hall–Kier alpha value is -1.49. The third kappa shape index (κ3) is 1.58. The molecule has 1 heterocycles. The van der Waals surface area contributed by atoms with Crippen LogP contribution in [0.15, 0.2) is 24.3 Å². The molecule has 0 saturated heterocycles. The van der Waals surface area contributed by atoms with Crippen molar-refractivity contribution in [3.8, 4) is 6.07 Å². The molecule has 72 valence electrons. The molecule has 14 heavy (non-hydrogen) atoms. The van der Waals surface area contributed by atoms with Gasteiger partial charge in [0.05, 0.1) is 6.07 Å². The van der Waals surface area contributed by atoms with E-state index in [2.05, 4.69) is 36.1 Å². The minimum atomic E-state index is 0.501. The van der Waals surface area contributed by atoms with E-state index in [1.165, 1.54) is 11.3 Å². The van der Waals surface area contributed by atoms with Crippen molar-refractivity contribution in [1.82, 2.24) is 0 Å². The van der Waals surface area contributed by atoms with Crippen LogP contribution in [0.1, 0.15) is 12.5 Å². The fourth-order valence-electron chi connectivity index (χ4n) is 2.14. The first-order valence-corrected chi connectivity index (χ1v) is 5.01. The number of nitrogens with zero attached hydrogens (tertiary/aromatic N) is 2. The second-order valence-electron chi connectivity index (χ2n) is 3.98. The summed E-state index contributed by atoms with van der Waals surface area (Å²) in [6.45, 7) is 3.74. The highest BCUT2D eigenvalue weighted by Crippen LogP contribution is 2.28. The Morgan fingerprint density at radius 3 is 3.07 bits per heavy atom. The van der Waals surface area contributed by atoms with Crippen LogP contribution in [0.3, 0.4) is 0 Å². The molecule has 2 heteroatoms. The van der Waals surface area contributed by atoms with Gasteiger partial charge in [0.25, 0.3) is 0 Å². The van der Waals surface area contributed by atoms with Gasteiger partial charge in [-0.2, -0.15) is 5.26 Å². The van der Waals surface area contributed by atoms with Crippen molar-refractivity contribution in [2.24, 2.45) is 5.92 Å². The van der Waals surface area contributed by atoms with Gasteiger partial charge in [0, 0.05) is 12.2 Å². The molecular weight excluding hydrogens is 172 g/mol. The second-order valence-corrected chi connectivity index (χ2v) is 3.98. The molecule has 1 aromatic rings. The molecule has 0 saturated carbocycles. The summed E-state index contributed by atoms with van der Waals surface area (Å²) < 4.78 is 0. The number of fused-ring (bicyclic) bond motifs is 1. The third-order valence-corrected chi connectivity index (χ3v) is 2.69. The zero-order chi connectivity index (χ0) is 9.97. The van der Waals surface area contributed by atoms with Crippen molar-refractivity contribution in [2.45, 2.75) is 13.3 Å². The molecule has 0 radical (unpaired) electrons. The minimum Gasteiger partial charge on any atom is -0.358 e. The maximum atomic E-state index is 8.74. The van der Waals surface area contributed by atoms with Gasteiger partial charge in [-0.3, -0.25) is 0 Å². The van der Waals surface area contributed by atoms with Crippen molar-refractivity contribution in [3.63, 3.8) is 0 Å². The largest absolute Gasteiger partial charge is 0.358 e. The zero-order valence-corrected chi connectivity index (χ0v) is 8.40. The molecule has 0 aromatic heterocycles. The van der Waals surface area contributed by atoms with E-state index in [0.29, 0.717) is 12.5 Å². The Morgan fingerprint density at radius 1 is 1.50 bits per heavy atom. The van der Waals surface area contributed by atoms with Crippen LogP contribution in [-0.4, -0.2) is 13.1 Å². The van der Waals surface area contributed by atoms with Gasteiger partial charge in [0.1, 0.15) is 6.54 Å². The topological polar surface area (TPSA) is 27.0 Å². The van der Waals surface area contributed by atoms with E-state index in [1.807, 2.05) is 6.07 Å². The number of benzene rings is 1. The van der Waals surface area contributed by atoms with Crippen molar-refractivity contribution in [3.05, 3.63) is 29.8 Å². The van der Waals surface area contributed by atoms with Crippen molar-refractivity contribution < 1.29 is 0 Å². The van der Waals surface area contributed by atoms with Gasteiger partial charge in [-0.1, -0.05) is 25.1 Å². The number of rotatable bonds is 1. The first kappa shape index (κ1) is 9.08. The summed E-state index contributed by atoms with van der Waals surface area (Å²) in [7, 11) is 0. The van der Waals surface area contributed by atoms with E-state index in [1.54, 1.807) is 0 Å². The Morgan fingerprint density at radius 2 is 2.29 bits per heavy atom. The van der Waals surface area contributed by atoms with E-state index >= 15 is 0 Å². The molecule has 0 aliphatic carbocycles. The molecule has 1 atom stereocenters. The van der Waals surface area contributed by atoms with E-state index < -0.39 is 0 Å². The van der Waals surface area contributed by atoms with Gasteiger partial charge < -0.3 is 4.90 Å². The lowest BCUT2D eigenvalue weighted by molar-refractivity contribution is 0.544. The Balaban J connectivity index is 2.34.